The van der Waals surface area contributed by atoms with E-state index in [1.807, 2.05) is 23.1 Å². The molecular weight excluding hydrogens is 423 g/mol. The number of hydrogen-bond donors (Lipinski definition) is 1. The van der Waals surface area contributed by atoms with Crippen LogP contribution in [0.15, 0.2) is 42.5 Å². The predicted molar refractivity (Wildman–Crippen MR) is 111 cm³/mol. The number of anilines is 1. The number of nitrogens with one attached hydrogen (secondary N) is 1. The minimum Gasteiger partial charge on any atom is -0.497 e. The van der Waals surface area contributed by atoms with E-state index >= 15 is 0 Å². The molecule has 1 atom stereocenters. The Labute approximate surface area is 181 Å². The molecule has 32 heavy (non-hydrogen) atoms. The highest BCUT2D eigenvalue weighted by Crippen LogP contribution is 2.35. The Hall–Kier alpha value is -3.33. The summed E-state index contributed by atoms with van der Waals surface area (Å²) in [6.07, 6.45) is -3.93. The van der Waals surface area contributed by atoms with Crippen molar-refractivity contribution in [2.45, 2.75) is 31.6 Å². The Morgan fingerprint density at radius 1 is 1.12 bits per heavy atom. The number of carbonyl (C=O) groups excluding carboxylic acids is 2. The Morgan fingerprint density at radius 2 is 1.94 bits per heavy atom. The molecule has 0 bridgehead atoms. The molecular formula is C23H20F3N3O3. The van der Waals surface area contributed by atoms with Crippen molar-refractivity contribution < 1.29 is 27.5 Å². The van der Waals surface area contributed by atoms with Crippen LogP contribution in [-0.2, 0) is 28.7 Å². The second kappa shape index (κ2) is 7.37. The van der Waals surface area contributed by atoms with E-state index in [1.165, 1.54) is 12.1 Å². The summed E-state index contributed by atoms with van der Waals surface area (Å²) >= 11 is 0. The molecule has 0 saturated carbocycles. The van der Waals surface area contributed by atoms with Gasteiger partial charge < -0.3 is 9.72 Å². The lowest BCUT2D eigenvalue weighted by molar-refractivity contribution is -0.137. The van der Waals surface area contributed by atoms with Gasteiger partial charge in [-0.2, -0.15) is 13.2 Å². The van der Waals surface area contributed by atoms with Crippen molar-refractivity contribution in [3.8, 4) is 5.75 Å². The van der Waals surface area contributed by atoms with Gasteiger partial charge >= 0.3 is 6.18 Å². The minimum absolute atomic E-state index is 0.0484. The fraction of sp³-hybridized carbons (Fsp3) is 0.304. The molecule has 0 spiro atoms. The molecule has 1 N–H and O–H groups in total. The van der Waals surface area contributed by atoms with Crippen LogP contribution in [0.4, 0.5) is 18.9 Å². The van der Waals surface area contributed by atoms with Crippen molar-refractivity contribution in [3.05, 3.63) is 59.3 Å². The number of carbonyl (C=O) groups is 2. The van der Waals surface area contributed by atoms with Crippen LogP contribution in [0, 0.1) is 0 Å². The van der Waals surface area contributed by atoms with Crippen LogP contribution < -0.4 is 9.64 Å². The van der Waals surface area contributed by atoms with Gasteiger partial charge in [-0.25, -0.2) is 4.90 Å². The highest BCUT2D eigenvalue weighted by molar-refractivity contribution is 6.22. The molecule has 6 nitrogen and oxygen atoms in total. The van der Waals surface area contributed by atoms with Gasteiger partial charge in [0, 0.05) is 29.7 Å². The topological polar surface area (TPSA) is 65.6 Å². The van der Waals surface area contributed by atoms with Crippen molar-refractivity contribution in [1.29, 1.82) is 0 Å². The number of aromatic amines is 1. The number of alkyl halides is 3. The quantitative estimate of drug-likeness (QED) is 0.624. The molecule has 3 heterocycles. The third kappa shape index (κ3) is 3.33. The highest BCUT2D eigenvalue weighted by atomic mass is 19.4. The number of halogens is 3. The number of benzene rings is 2. The highest BCUT2D eigenvalue weighted by Gasteiger charge is 2.44. The number of nitrogens with zero attached hydrogens (tertiary/aromatic N) is 2. The van der Waals surface area contributed by atoms with Crippen LogP contribution in [0.3, 0.4) is 0 Å². The van der Waals surface area contributed by atoms with Gasteiger partial charge in [-0.05, 0) is 48.4 Å². The zero-order chi connectivity index (χ0) is 22.6. The summed E-state index contributed by atoms with van der Waals surface area (Å²) in [7, 11) is 1.61. The molecule has 2 amide bonds. The molecule has 2 aliphatic rings. The Balaban J connectivity index is 1.40. The number of methoxy groups -OCH3 is 1. The van der Waals surface area contributed by atoms with Crippen LogP contribution in [-0.4, -0.2) is 41.4 Å². The van der Waals surface area contributed by atoms with Crippen LogP contribution in [0.25, 0.3) is 10.9 Å². The van der Waals surface area contributed by atoms with Gasteiger partial charge in [-0.15, -0.1) is 0 Å². The van der Waals surface area contributed by atoms with E-state index in [1.54, 1.807) is 7.11 Å². The molecule has 0 aliphatic carbocycles. The molecule has 0 radical (unpaired) electrons. The number of fused-ring (bicyclic) bond motifs is 3. The molecule has 1 fully saturated rings. The standard InChI is InChI=1S/C23H20F3N3O3/c1-32-15-5-6-18-17(10-15)16-7-8-28(12-19(16)27-18)20-11-21(30)29(22(20)31)14-4-2-3-13(9-14)23(24,25)26/h2-6,9-10,20,27H,7-8,11-12H2,1H3/t20-/m0/s1. The van der Waals surface area contributed by atoms with Crippen molar-refractivity contribution in [1.82, 2.24) is 9.88 Å². The van der Waals surface area contributed by atoms with E-state index in [-0.39, 0.29) is 12.1 Å². The summed E-state index contributed by atoms with van der Waals surface area (Å²) in [5, 5.41) is 1.07. The number of aromatic nitrogens is 1. The maximum Gasteiger partial charge on any atom is 0.416 e. The Morgan fingerprint density at radius 3 is 2.69 bits per heavy atom. The number of amides is 2. The second-order valence-electron chi connectivity index (χ2n) is 8.05. The Bertz CT molecular complexity index is 1230. The van der Waals surface area contributed by atoms with Crippen molar-refractivity contribution in [2.75, 3.05) is 18.6 Å². The Kier molecular flexibility index (Phi) is 4.74. The van der Waals surface area contributed by atoms with Gasteiger partial charge in [0.1, 0.15) is 5.75 Å². The van der Waals surface area contributed by atoms with E-state index in [2.05, 4.69) is 4.98 Å². The molecule has 0 unspecified atom stereocenters. The third-order valence-corrected chi connectivity index (χ3v) is 6.21. The zero-order valence-electron chi connectivity index (χ0n) is 17.2. The summed E-state index contributed by atoms with van der Waals surface area (Å²) in [5.74, 6) is -0.225. The molecule has 3 aromatic rings. The van der Waals surface area contributed by atoms with Gasteiger partial charge in [0.15, 0.2) is 0 Å². The van der Waals surface area contributed by atoms with E-state index < -0.39 is 29.6 Å². The first kappa shape index (κ1) is 20.6. The fourth-order valence-electron chi connectivity index (χ4n) is 4.63. The zero-order valence-corrected chi connectivity index (χ0v) is 17.2. The van der Waals surface area contributed by atoms with E-state index in [4.69, 9.17) is 4.74 Å². The van der Waals surface area contributed by atoms with Crippen molar-refractivity contribution in [2.24, 2.45) is 0 Å². The smallest absolute Gasteiger partial charge is 0.416 e. The van der Waals surface area contributed by atoms with Gasteiger partial charge in [-0.1, -0.05) is 6.07 Å². The number of H-pyrrole nitrogens is 1. The lowest BCUT2D eigenvalue weighted by Crippen LogP contribution is -2.44. The van der Waals surface area contributed by atoms with Crippen molar-refractivity contribution >= 4 is 28.4 Å². The maximum absolute atomic E-state index is 13.1. The minimum atomic E-state index is -4.55. The van der Waals surface area contributed by atoms with Crippen LogP contribution in [0.1, 0.15) is 23.2 Å². The number of hydrogen-bond acceptors (Lipinski definition) is 4. The lowest BCUT2D eigenvalue weighted by atomic mass is 10.0. The molecule has 166 valence electrons. The normalized spacial score (nSPS) is 19.6. The summed E-state index contributed by atoms with van der Waals surface area (Å²) in [5.41, 5.74) is 2.15. The van der Waals surface area contributed by atoms with Crippen molar-refractivity contribution in [3.63, 3.8) is 0 Å². The van der Waals surface area contributed by atoms with Crippen LogP contribution in [0.5, 0.6) is 5.75 Å². The third-order valence-electron chi connectivity index (χ3n) is 6.21. The molecule has 1 saturated heterocycles. The van der Waals surface area contributed by atoms with E-state index in [0.717, 1.165) is 44.9 Å². The lowest BCUT2D eigenvalue weighted by Gasteiger charge is -2.30. The second-order valence-corrected chi connectivity index (χ2v) is 8.05. The fourth-order valence-corrected chi connectivity index (χ4v) is 4.63. The van der Waals surface area contributed by atoms with Gasteiger partial charge in [0.2, 0.25) is 5.91 Å². The summed E-state index contributed by atoms with van der Waals surface area (Å²) in [4.78, 5) is 31.9. The van der Waals surface area contributed by atoms with Gasteiger partial charge in [-0.3, -0.25) is 14.5 Å². The van der Waals surface area contributed by atoms with Gasteiger partial charge in [0.05, 0.1) is 30.8 Å². The predicted octanol–water partition coefficient (Wildman–Crippen LogP) is 3.89. The average molecular weight is 443 g/mol. The molecule has 2 aromatic carbocycles. The molecule has 1 aromatic heterocycles. The number of rotatable bonds is 3. The average Bonchev–Trinajstić information content (AvgIpc) is 3.28. The summed E-state index contributed by atoms with van der Waals surface area (Å²) < 4.78 is 44.6. The maximum atomic E-state index is 13.1. The first-order valence-electron chi connectivity index (χ1n) is 10.2. The number of imide groups is 1. The SMILES string of the molecule is COc1ccc2[nH]c3c(c2c1)CCN([C@H]1CC(=O)N(c2cccc(C(F)(F)F)c2)C1=O)C3. The molecule has 5 rings (SSSR count). The number of ether oxygens (including phenoxy) is 1. The van der Waals surface area contributed by atoms with Crippen LogP contribution >= 0.6 is 0 Å². The molecule has 9 heteroatoms. The summed E-state index contributed by atoms with van der Waals surface area (Å²) in [6, 6.07) is 9.40. The van der Waals surface area contributed by atoms with E-state index in [0.29, 0.717) is 19.5 Å². The van der Waals surface area contributed by atoms with Crippen LogP contribution in [0.2, 0.25) is 0 Å². The molecule has 2 aliphatic heterocycles. The monoisotopic (exact) mass is 443 g/mol. The van der Waals surface area contributed by atoms with Gasteiger partial charge in [0.25, 0.3) is 5.91 Å². The van der Waals surface area contributed by atoms with E-state index in [9.17, 15) is 22.8 Å². The largest absolute Gasteiger partial charge is 0.497 e. The first-order valence-corrected chi connectivity index (χ1v) is 10.2. The summed E-state index contributed by atoms with van der Waals surface area (Å²) in [6.45, 7) is 1.02. The first-order chi connectivity index (χ1) is 15.3.